The molecule has 0 bridgehead atoms. The maximum Gasteiger partial charge on any atom is 0.396 e. The molecule has 0 amide bonds. The summed E-state index contributed by atoms with van der Waals surface area (Å²) in [6, 6.07) is 16.0. The number of nitrogens with zero attached hydrogens (tertiary/aromatic N) is 2. The van der Waals surface area contributed by atoms with Crippen molar-refractivity contribution in [1.29, 1.82) is 0 Å². The van der Waals surface area contributed by atoms with E-state index in [9.17, 15) is 8.42 Å². The topological polar surface area (TPSA) is 88.3 Å². The van der Waals surface area contributed by atoms with Crippen LogP contribution in [0.1, 0.15) is 5.56 Å². The second-order valence-corrected chi connectivity index (χ2v) is 4.96. The van der Waals surface area contributed by atoms with Gasteiger partial charge in [0.05, 0.1) is 5.69 Å². The highest BCUT2D eigenvalue weighted by atomic mass is 32.2. The first-order valence-electron chi connectivity index (χ1n) is 5.70. The van der Waals surface area contributed by atoms with Crippen molar-refractivity contribution in [3.63, 3.8) is 0 Å². The number of hydrogen-bond acceptors (Lipinski definition) is 4. The molecule has 0 saturated carbocycles. The predicted molar refractivity (Wildman–Crippen MR) is 73.3 cm³/mol. The van der Waals surface area contributed by atoms with E-state index in [0.717, 1.165) is 5.56 Å². The molecule has 2 aromatic rings. The van der Waals surface area contributed by atoms with Gasteiger partial charge in [0.1, 0.15) is 12.4 Å². The molecule has 7 heteroatoms. The minimum Gasteiger partial charge on any atom is -0.489 e. The number of hydrogen-bond donors (Lipinski definition) is 1. The molecule has 20 heavy (non-hydrogen) atoms. The zero-order chi connectivity index (χ0) is 14.4. The monoisotopic (exact) mass is 292 g/mol. The summed E-state index contributed by atoms with van der Waals surface area (Å²) in [6.07, 6.45) is 0. The van der Waals surface area contributed by atoms with Gasteiger partial charge in [0, 0.05) is 0 Å². The molecule has 0 atom stereocenters. The van der Waals surface area contributed by atoms with Crippen LogP contribution in [0, 0.1) is 0 Å². The summed E-state index contributed by atoms with van der Waals surface area (Å²) in [6.45, 7) is 0.437. The Kier molecular flexibility index (Phi) is 4.44. The van der Waals surface area contributed by atoms with Crippen molar-refractivity contribution >= 4 is 16.0 Å². The molecule has 0 aliphatic heterocycles. The van der Waals surface area contributed by atoms with Crippen LogP contribution in [0.3, 0.4) is 0 Å². The summed E-state index contributed by atoms with van der Waals surface area (Å²) in [7, 11) is -4.45. The fraction of sp³-hybridized carbons (Fsp3) is 0.0769. The summed E-state index contributed by atoms with van der Waals surface area (Å²) in [5.74, 6) is 0.625. The molecule has 0 heterocycles. The Hall–Kier alpha value is -2.25. The number of rotatable bonds is 5. The first kappa shape index (κ1) is 14.2. The maximum atomic E-state index is 10.4. The minimum absolute atomic E-state index is 0.301. The number of benzene rings is 2. The zero-order valence-corrected chi connectivity index (χ0v) is 11.2. The lowest BCUT2D eigenvalue weighted by Crippen LogP contribution is -1.94. The quantitative estimate of drug-likeness (QED) is 0.677. The van der Waals surface area contributed by atoms with Crippen LogP contribution in [0.2, 0.25) is 0 Å². The molecule has 104 valence electrons. The van der Waals surface area contributed by atoms with Crippen LogP contribution in [-0.4, -0.2) is 13.0 Å². The SMILES string of the molecule is O=S(=O)(O)N=Nc1ccc(OCc2ccccc2)cc1. The van der Waals surface area contributed by atoms with Gasteiger partial charge in [-0.25, -0.2) is 0 Å². The van der Waals surface area contributed by atoms with E-state index >= 15 is 0 Å². The van der Waals surface area contributed by atoms with E-state index in [1.54, 1.807) is 12.1 Å². The van der Waals surface area contributed by atoms with Crippen LogP contribution in [-0.2, 0) is 16.9 Å². The van der Waals surface area contributed by atoms with Crippen LogP contribution in [0.15, 0.2) is 64.2 Å². The van der Waals surface area contributed by atoms with Gasteiger partial charge in [0.25, 0.3) is 0 Å². The Morgan fingerprint density at radius 2 is 1.65 bits per heavy atom. The van der Waals surface area contributed by atoms with E-state index in [0.29, 0.717) is 18.0 Å². The molecule has 0 aliphatic rings. The van der Waals surface area contributed by atoms with Crippen LogP contribution < -0.4 is 4.74 Å². The van der Waals surface area contributed by atoms with E-state index in [2.05, 4.69) is 9.63 Å². The summed E-state index contributed by atoms with van der Waals surface area (Å²) < 4.78 is 37.5. The Morgan fingerprint density at radius 1 is 1.00 bits per heavy atom. The molecule has 0 unspecified atom stereocenters. The average Bonchev–Trinajstić information content (AvgIpc) is 2.44. The summed E-state index contributed by atoms with van der Waals surface area (Å²) in [5.41, 5.74) is 1.34. The molecule has 2 rings (SSSR count). The largest absolute Gasteiger partial charge is 0.489 e. The molecule has 0 fully saturated rings. The Balaban J connectivity index is 1.97. The van der Waals surface area contributed by atoms with Crippen molar-refractivity contribution in [3.05, 3.63) is 60.2 Å². The van der Waals surface area contributed by atoms with Crippen molar-refractivity contribution in [3.8, 4) is 5.75 Å². The fourth-order valence-electron chi connectivity index (χ4n) is 1.45. The second kappa shape index (κ2) is 6.27. The Labute approximate surface area is 116 Å². The lowest BCUT2D eigenvalue weighted by atomic mass is 10.2. The van der Waals surface area contributed by atoms with Gasteiger partial charge in [-0.05, 0) is 34.3 Å². The molecule has 1 N–H and O–H groups in total. The molecule has 0 spiro atoms. The lowest BCUT2D eigenvalue weighted by Gasteiger charge is -2.05. The van der Waals surface area contributed by atoms with Gasteiger partial charge >= 0.3 is 10.3 Å². The van der Waals surface area contributed by atoms with Crippen LogP contribution in [0.25, 0.3) is 0 Å². The van der Waals surface area contributed by atoms with Gasteiger partial charge in [-0.15, -0.1) is 5.11 Å². The molecule has 0 aromatic heterocycles. The van der Waals surface area contributed by atoms with Gasteiger partial charge in [0.15, 0.2) is 0 Å². The molecule has 0 radical (unpaired) electrons. The third-order valence-corrected chi connectivity index (χ3v) is 2.63. The van der Waals surface area contributed by atoms with E-state index in [-0.39, 0.29) is 0 Å². The predicted octanol–water partition coefficient (Wildman–Crippen LogP) is 3.15. The maximum absolute atomic E-state index is 10.4. The summed E-state index contributed by atoms with van der Waals surface area (Å²) in [5, 5.41) is 3.37. The van der Waals surface area contributed by atoms with Gasteiger partial charge in [-0.2, -0.15) is 8.42 Å². The summed E-state index contributed by atoms with van der Waals surface area (Å²) >= 11 is 0. The average molecular weight is 292 g/mol. The van der Waals surface area contributed by atoms with E-state index in [4.69, 9.17) is 9.29 Å². The first-order valence-corrected chi connectivity index (χ1v) is 7.10. The van der Waals surface area contributed by atoms with Crippen molar-refractivity contribution in [2.24, 2.45) is 9.63 Å². The van der Waals surface area contributed by atoms with Crippen LogP contribution >= 0.6 is 0 Å². The molecule has 2 aromatic carbocycles. The summed E-state index contributed by atoms with van der Waals surface area (Å²) in [4.78, 5) is 0. The van der Waals surface area contributed by atoms with Crippen molar-refractivity contribution in [2.75, 3.05) is 0 Å². The molecular formula is C13H12N2O4S. The van der Waals surface area contributed by atoms with E-state index in [1.165, 1.54) is 12.1 Å². The van der Waals surface area contributed by atoms with Gasteiger partial charge in [0.2, 0.25) is 0 Å². The van der Waals surface area contributed by atoms with Crippen LogP contribution in [0.4, 0.5) is 5.69 Å². The normalized spacial score (nSPS) is 11.7. The lowest BCUT2D eigenvalue weighted by molar-refractivity contribution is 0.306. The number of ether oxygens (including phenoxy) is 1. The van der Waals surface area contributed by atoms with Gasteiger partial charge in [-0.3, -0.25) is 4.55 Å². The Bertz CT molecular complexity index is 682. The highest BCUT2D eigenvalue weighted by Crippen LogP contribution is 2.19. The standard InChI is InChI=1S/C13H12N2O4S/c16-20(17,18)15-14-12-6-8-13(9-7-12)19-10-11-4-2-1-3-5-11/h1-9H,10H2,(H,16,17,18). The smallest absolute Gasteiger partial charge is 0.396 e. The molecule has 6 nitrogen and oxygen atoms in total. The van der Waals surface area contributed by atoms with Gasteiger partial charge < -0.3 is 4.74 Å². The van der Waals surface area contributed by atoms with Crippen molar-refractivity contribution in [1.82, 2.24) is 0 Å². The van der Waals surface area contributed by atoms with Crippen molar-refractivity contribution in [2.45, 2.75) is 6.61 Å². The third-order valence-electron chi connectivity index (χ3n) is 2.34. The molecular weight excluding hydrogens is 280 g/mol. The first-order chi connectivity index (χ1) is 9.53. The fourth-order valence-corrected chi connectivity index (χ4v) is 1.65. The van der Waals surface area contributed by atoms with E-state index in [1.807, 2.05) is 30.3 Å². The highest BCUT2D eigenvalue weighted by Gasteiger charge is 2.00. The second-order valence-electron chi connectivity index (χ2n) is 3.90. The molecule has 0 saturated heterocycles. The zero-order valence-electron chi connectivity index (χ0n) is 10.4. The Morgan fingerprint density at radius 3 is 2.25 bits per heavy atom. The van der Waals surface area contributed by atoms with Crippen molar-refractivity contribution < 1.29 is 17.7 Å². The van der Waals surface area contributed by atoms with E-state index < -0.39 is 10.3 Å². The van der Waals surface area contributed by atoms with Crippen LogP contribution in [0.5, 0.6) is 5.75 Å². The highest BCUT2D eigenvalue weighted by molar-refractivity contribution is 7.84. The third kappa shape index (κ3) is 4.79. The molecule has 0 aliphatic carbocycles. The van der Waals surface area contributed by atoms with Gasteiger partial charge in [-0.1, -0.05) is 30.3 Å². The minimum atomic E-state index is -4.45.